The topological polar surface area (TPSA) is 47.6 Å². The molecule has 0 bridgehead atoms. The minimum absolute atomic E-state index is 0.293. The summed E-state index contributed by atoms with van der Waals surface area (Å²) in [5.74, 6) is 0. The first-order chi connectivity index (χ1) is 6.26. The number of rotatable bonds is 5. The summed E-state index contributed by atoms with van der Waals surface area (Å²) in [5.41, 5.74) is 6.41. The smallest absolute Gasteiger partial charge is 0.209 e. The average molecular weight is 188 g/mol. The molecule has 2 N–H and O–H groups in total. The Balaban J connectivity index is 2.35. The molecule has 0 saturated heterocycles. The maximum absolute atomic E-state index is 11.9. The lowest BCUT2D eigenvalue weighted by molar-refractivity contribution is -0.116. The summed E-state index contributed by atoms with van der Waals surface area (Å²) >= 11 is 0. The predicted octanol–water partition coefficient (Wildman–Crippen LogP) is -0.790. The Morgan fingerprint density at radius 3 is 3.15 bits per heavy atom. The van der Waals surface area contributed by atoms with Gasteiger partial charge < -0.3 is 10.3 Å². The fraction of sp³-hybridized carbons (Fsp3) is 0.571. The van der Waals surface area contributed by atoms with Crippen LogP contribution in [0, 0.1) is 0 Å². The van der Waals surface area contributed by atoms with Crippen molar-refractivity contribution in [2.45, 2.75) is 0 Å². The van der Waals surface area contributed by atoms with Crippen LogP contribution in [0.25, 0.3) is 0 Å². The minimum atomic E-state index is -0.415. The van der Waals surface area contributed by atoms with Crippen molar-refractivity contribution < 1.29 is 9.18 Å². The molecule has 0 atom stereocenters. The second kappa shape index (κ2) is 4.66. The molecule has 0 aromatic heterocycles. The second-order valence-electron chi connectivity index (χ2n) is 2.79. The Morgan fingerprint density at radius 2 is 2.54 bits per heavy atom. The van der Waals surface area contributed by atoms with E-state index in [1.165, 1.54) is 4.90 Å². The Hall–Kier alpha value is -1.30. The monoisotopic (exact) mass is 188 g/mol. The number of carbonyl (C=O) groups excluding carboxylic acids is 1. The van der Waals surface area contributed by atoms with Gasteiger partial charge in [-0.2, -0.15) is 0 Å². The number of alkyl halides is 1. The highest BCUT2D eigenvalue weighted by Gasteiger charge is 2.10. The van der Waals surface area contributed by atoms with E-state index < -0.39 is 6.67 Å². The molecule has 1 rings (SSSR count). The number of carbonyl (C=O) groups is 1. The van der Waals surface area contributed by atoms with Crippen molar-refractivity contribution in [2.75, 3.05) is 26.8 Å². The Kier molecular flexibility index (Phi) is 3.51. The highest BCUT2D eigenvalue weighted by atomic mass is 19.1. The van der Waals surface area contributed by atoms with Crippen LogP contribution in [0.1, 0.15) is 0 Å². The Labute approximate surface area is 76.1 Å². The van der Waals surface area contributed by atoms with Gasteiger partial charge in [-0.3, -0.25) is 9.80 Å². The van der Waals surface area contributed by atoms with Crippen LogP contribution in [0.5, 0.6) is 0 Å². The van der Waals surface area contributed by atoms with Gasteiger partial charge in [0, 0.05) is 13.2 Å². The molecule has 0 radical (unpaired) electrons. The first kappa shape index (κ1) is 9.79. The van der Waals surface area contributed by atoms with Crippen molar-refractivity contribution >= 4 is 6.41 Å². The molecular weight excluding hydrogens is 175 g/mol. The van der Waals surface area contributed by atoms with Gasteiger partial charge in [0.2, 0.25) is 6.41 Å². The van der Waals surface area contributed by atoms with Crippen LogP contribution < -0.4 is 11.0 Å². The number of nitrogens with one attached hydrogen (secondary N) is 2. The molecule has 74 valence electrons. The van der Waals surface area contributed by atoms with Crippen molar-refractivity contribution in [3.05, 3.63) is 11.9 Å². The van der Waals surface area contributed by atoms with Gasteiger partial charge in [-0.05, 0) is 0 Å². The maximum Gasteiger partial charge on any atom is 0.209 e. The summed E-state index contributed by atoms with van der Waals surface area (Å²) in [7, 11) is 1.67. The number of likely N-dealkylation sites (N-methyl/N-ethyl adjacent to an activating group) is 1. The van der Waals surface area contributed by atoms with E-state index in [1.807, 2.05) is 0 Å². The standard InChI is InChI=1S/C7H13FN4O/c1-11(6-13)4-7-5-12(3-2-8)10-9-7/h5-6,9-10H,2-4H2,1H3. The van der Waals surface area contributed by atoms with E-state index in [1.54, 1.807) is 18.3 Å². The molecule has 1 amide bonds. The molecule has 0 aromatic rings. The lowest BCUT2D eigenvalue weighted by Gasteiger charge is -2.12. The summed E-state index contributed by atoms with van der Waals surface area (Å²) in [4.78, 5) is 11.8. The highest BCUT2D eigenvalue weighted by Crippen LogP contribution is 1.99. The van der Waals surface area contributed by atoms with E-state index in [4.69, 9.17) is 0 Å². The van der Waals surface area contributed by atoms with Crippen LogP contribution in [0.15, 0.2) is 11.9 Å². The third-order valence-corrected chi connectivity index (χ3v) is 1.60. The van der Waals surface area contributed by atoms with Gasteiger partial charge in [-0.25, -0.2) is 4.39 Å². The van der Waals surface area contributed by atoms with Gasteiger partial charge in [0.25, 0.3) is 0 Å². The summed E-state index contributed by atoms with van der Waals surface area (Å²) < 4.78 is 11.9. The van der Waals surface area contributed by atoms with E-state index in [-0.39, 0.29) is 0 Å². The quantitative estimate of drug-likeness (QED) is 0.555. The summed E-state index contributed by atoms with van der Waals surface area (Å²) in [6.07, 6.45) is 2.47. The van der Waals surface area contributed by atoms with Crippen molar-refractivity contribution in [1.82, 2.24) is 20.9 Å². The molecule has 6 heteroatoms. The molecular formula is C7H13FN4O. The first-order valence-electron chi connectivity index (χ1n) is 3.96. The third-order valence-electron chi connectivity index (χ3n) is 1.60. The maximum atomic E-state index is 11.9. The molecule has 0 aromatic carbocycles. The molecule has 1 aliphatic rings. The third kappa shape index (κ3) is 2.90. The summed E-state index contributed by atoms with van der Waals surface area (Å²) in [5, 5.41) is 1.59. The normalized spacial score (nSPS) is 15.2. The minimum Gasteiger partial charge on any atom is -0.342 e. The molecule has 13 heavy (non-hydrogen) atoms. The zero-order valence-electron chi connectivity index (χ0n) is 7.46. The van der Waals surface area contributed by atoms with E-state index in [0.717, 1.165) is 12.1 Å². The predicted molar refractivity (Wildman–Crippen MR) is 45.7 cm³/mol. The van der Waals surface area contributed by atoms with Gasteiger partial charge in [0.05, 0.1) is 18.8 Å². The number of nitrogens with zero attached hydrogens (tertiary/aromatic N) is 2. The van der Waals surface area contributed by atoms with Gasteiger partial charge >= 0.3 is 0 Å². The SMILES string of the molecule is CN(C=O)CC1=CN(CCF)NN1. The van der Waals surface area contributed by atoms with Gasteiger partial charge in [0.15, 0.2) is 0 Å². The summed E-state index contributed by atoms with van der Waals surface area (Å²) in [6, 6.07) is 0. The van der Waals surface area contributed by atoms with Crippen molar-refractivity contribution in [2.24, 2.45) is 0 Å². The number of hydrogen-bond donors (Lipinski definition) is 2. The molecule has 0 saturated carbocycles. The number of halogens is 1. The molecule has 0 unspecified atom stereocenters. The fourth-order valence-electron chi connectivity index (χ4n) is 0.994. The average Bonchev–Trinajstić information content (AvgIpc) is 2.53. The lowest BCUT2D eigenvalue weighted by Crippen LogP contribution is -2.38. The number of hydrazine groups is 2. The molecule has 5 nitrogen and oxygen atoms in total. The fourth-order valence-corrected chi connectivity index (χ4v) is 0.994. The Morgan fingerprint density at radius 1 is 1.77 bits per heavy atom. The molecule has 1 aliphatic heterocycles. The van der Waals surface area contributed by atoms with Crippen molar-refractivity contribution in [3.8, 4) is 0 Å². The molecule has 0 spiro atoms. The van der Waals surface area contributed by atoms with Gasteiger partial charge in [-0.15, -0.1) is 5.53 Å². The molecule has 1 heterocycles. The lowest BCUT2D eigenvalue weighted by atomic mass is 10.4. The van der Waals surface area contributed by atoms with Crippen LogP contribution in [0.3, 0.4) is 0 Å². The number of hydrogen-bond acceptors (Lipinski definition) is 4. The number of amides is 1. The van der Waals surface area contributed by atoms with Gasteiger partial charge in [0.1, 0.15) is 6.67 Å². The van der Waals surface area contributed by atoms with Crippen LogP contribution in [-0.2, 0) is 4.79 Å². The van der Waals surface area contributed by atoms with E-state index in [9.17, 15) is 9.18 Å². The zero-order chi connectivity index (χ0) is 9.68. The Bertz CT molecular complexity index is 209. The van der Waals surface area contributed by atoms with Crippen LogP contribution in [0.2, 0.25) is 0 Å². The van der Waals surface area contributed by atoms with Gasteiger partial charge in [-0.1, -0.05) is 0 Å². The van der Waals surface area contributed by atoms with Crippen LogP contribution in [0.4, 0.5) is 4.39 Å². The van der Waals surface area contributed by atoms with E-state index in [0.29, 0.717) is 13.1 Å². The van der Waals surface area contributed by atoms with E-state index in [2.05, 4.69) is 11.0 Å². The van der Waals surface area contributed by atoms with E-state index >= 15 is 0 Å². The molecule has 0 fully saturated rings. The zero-order valence-corrected chi connectivity index (χ0v) is 7.46. The second-order valence-corrected chi connectivity index (χ2v) is 2.79. The van der Waals surface area contributed by atoms with Crippen LogP contribution in [-0.4, -0.2) is 43.1 Å². The largest absolute Gasteiger partial charge is 0.342 e. The molecule has 0 aliphatic carbocycles. The highest BCUT2D eigenvalue weighted by molar-refractivity contribution is 5.47. The first-order valence-corrected chi connectivity index (χ1v) is 3.96. The van der Waals surface area contributed by atoms with Crippen LogP contribution >= 0.6 is 0 Å². The van der Waals surface area contributed by atoms with Crippen molar-refractivity contribution in [3.63, 3.8) is 0 Å². The van der Waals surface area contributed by atoms with Crippen molar-refractivity contribution in [1.29, 1.82) is 0 Å². The summed E-state index contributed by atoms with van der Waals surface area (Å²) in [6.45, 7) is 0.364.